The lowest BCUT2D eigenvalue weighted by molar-refractivity contribution is 0.113. The van der Waals surface area contributed by atoms with E-state index in [4.69, 9.17) is 0 Å². The number of benzene rings is 4. The standard InChI is InChI=1S/C25H18NO/c27-26-24-18-20-10-8-7-9-19(20)17-21(24)15-16-25(26,22-11-3-1-4-12-22)23-13-5-2-6-14-23/h1-18H. The number of hydrogen-bond donors (Lipinski definition) is 0. The zero-order chi connectivity index (χ0) is 18.3. The molecule has 0 spiro atoms. The third kappa shape index (κ3) is 2.38. The van der Waals surface area contributed by atoms with Crippen LogP contribution in [0.5, 0.6) is 0 Å². The van der Waals surface area contributed by atoms with Crippen LogP contribution in [0.2, 0.25) is 0 Å². The average molecular weight is 348 g/mol. The van der Waals surface area contributed by atoms with Crippen molar-refractivity contribution in [2.45, 2.75) is 5.54 Å². The highest BCUT2D eigenvalue weighted by Crippen LogP contribution is 2.45. The van der Waals surface area contributed by atoms with Gasteiger partial charge in [0.25, 0.3) is 0 Å². The van der Waals surface area contributed by atoms with Gasteiger partial charge in [0.05, 0.1) is 5.69 Å². The van der Waals surface area contributed by atoms with Gasteiger partial charge in [-0.25, -0.2) is 5.06 Å². The summed E-state index contributed by atoms with van der Waals surface area (Å²) in [6.07, 6.45) is 4.11. The number of anilines is 1. The first-order valence-electron chi connectivity index (χ1n) is 9.09. The van der Waals surface area contributed by atoms with Crippen LogP contribution in [0.25, 0.3) is 16.8 Å². The second-order valence-electron chi connectivity index (χ2n) is 6.88. The van der Waals surface area contributed by atoms with Crippen molar-refractivity contribution in [3.63, 3.8) is 0 Å². The molecular weight excluding hydrogens is 330 g/mol. The lowest BCUT2D eigenvalue weighted by atomic mass is 9.79. The molecule has 0 saturated heterocycles. The second-order valence-corrected chi connectivity index (χ2v) is 6.88. The molecule has 1 aliphatic rings. The lowest BCUT2D eigenvalue weighted by Crippen LogP contribution is -2.44. The molecular formula is C25H18NO. The summed E-state index contributed by atoms with van der Waals surface area (Å²) in [4.78, 5) is 0. The van der Waals surface area contributed by atoms with Gasteiger partial charge in [0.15, 0.2) is 0 Å². The predicted octanol–water partition coefficient (Wildman–Crippen LogP) is 5.96. The summed E-state index contributed by atoms with van der Waals surface area (Å²) in [7, 11) is 0. The Labute approximate surface area is 158 Å². The summed E-state index contributed by atoms with van der Waals surface area (Å²) in [5.74, 6) is 0. The molecule has 0 saturated carbocycles. The monoisotopic (exact) mass is 348 g/mol. The molecule has 0 bridgehead atoms. The number of hydrogen-bond acceptors (Lipinski definition) is 1. The van der Waals surface area contributed by atoms with E-state index in [-0.39, 0.29) is 0 Å². The summed E-state index contributed by atoms with van der Waals surface area (Å²) < 4.78 is 0. The SMILES string of the molecule is [O]N1c2cc3ccccc3cc2C=CC1(c1ccccc1)c1ccccc1. The molecule has 129 valence electrons. The maximum Gasteiger partial charge on any atom is 0.139 e. The fourth-order valence-electron chi connectivity index (χ4n) is 4.00. The Kier molecular flexibility index (Phi) is 3.59. The van der Waals surface area contributed by atoms with Gasteiger partial charge < -0.3 is 0 Å². The highest BCUT2D eigenvalue weighted by Gasteiger charge is 2.42. The van der Waals surface area contributed by atoms with E-state index < -0.39 is 5.54 Å². The van der Waals surface area contributed by atoms with Crippen LogP contribution >= 0.6 is 0 Å². The first-order chi connectivity index (χ1) is 13.3. The van der Waals surface area contributed by atoms with Crippen molar-refractivity contribution < 1.29 is 5.21 Å². The molecule has 0 aromatic heterocycles. The lowest BCUT2D eigenvalue weighted by Gasteiger charge is -2.41. The molecule has 4 aromatic carbocycles. The molecule has 0 aliphatic carbocycles. The zero-order valence-electron chi connectivity index (χ0n) is 14.7. The van der Waals surface area contributed by atoms with Gasteiger partial charge in [0.1, 0.15) is 5.54 Å². The number of hydroxylamine groups is 1. The molecule has 1 heterocycles. The quantitative estimate of drug-likeness (QED) is 0.438. The second kappa shape index (κ2) is 6.11. The van der Waals surface area contributed by atoms with Crippen molar-refractivity contribution in [3.8, 4) is 0 Å². The van der Waals surface area contributed by atoms with Gasteiger partial charge in [-0.2, -0.15) is 0 Å². The van der Waals surface area contributed by atoms with Gasteiger partial charge in [-0.05, 0) is 40.1 Å². The fraction of sp³-hybridized carbons (Fsp3) is 0.0400. The van der Waals surface area contributed by atoms with E-state index in [9.17, 15) is 5.21 Å². The fourth-order valence-corrected chi connectivity index (χ4v) is 4.00. The predicted molar refractivity (Wildman–Crippen MR) is 110 cm³/mol. The van der Waals surface area contributed by atoms with Crippen molar-refractivity contribution in [2.75, 3.05) is 5.06 Å². The summed E-state index contributed by atoms with van der Waals surface area (Å²) in [6, 6.07) is 32.2. The van der Waals surface area contributed by atoms with Gasteiger partial charge in [0, 0.05) is 5.56 Å². The molecule has 0 fully saturated rings. The van der Waals surface area contributed by atoms with E-state index in [0.717, 1.165) is 27.5 Å². The molecule has 0 amide bonds. The molecule has 1 aliphatic heterocycles. The number of fused-ring (bicyclic) bond motifs is 2. The summed E-state index contributed by atoms with van der Waals surface area (Å²) >= 11 is 0. The van der Waals surface area contributed by atoms with Gasteiger partial charge in [-0.3, -0.25) is 0 Å². The minimum atomic E-state index is -0.877. The van der Waals surface area contributed by atoms with Crippen molar-refractivity contribution in [1.29, 1.82) is 0 Å². The minimum absolute atomic E-state index is 0.698. The van der Waals surface area contributed by atoms with Crippen molar-refractivity contribution in [3.05, 3.63) is 120 Å². The minimum Gasteiger partial charge on any atom is -0.201 e. The third-order valence-corrected chi connectivity index (χ3v) is 5.37. The molecule has 0 unspecified atom stereocenters. The van der Waals surface area contributed by atoms with Crippen LogP contribution in [0.3, 0.4) is 0 Å². The van der Waals surface area contributed by atoms with Crippen LogP contribution in [-0.2, 0) is 10.7 Å². The molecule has 27 heavy (non-hydrogen) atoms. The third-order valence-electron chi connectivity index (χ3n) is 5.37. The van der Waals surface area contributed by atoms with Crippen LogP contribution in [0.1, 0.15) is 16.7 Å². The first kappa shape index (κ1) is 15.9. The molecule has 0 atom stereocenters. The van der Waals surface area contributed by atoms with Crippen molar-refractivity contribution in [1.82, 2.24) is 0 Å². The van der Waals surface area contributed by atoms with Gasteiger partial charge in [-0.15, -0.1) is 0 Å². The topological polar surface area (TPSA) is 23.1 Å². The Morgan fingerprint density at radius 1 is 0.630 bits per heavy atom. The van der Waals surface area contributed by atoms with Crippen LogP contribution in [0.15, 0.2) is 103 Å². The average Bonchev–Trinajstić information content (AvgIpc) is 2.74. The highest BCUT2D eigenvalue weighted by atomic mass is 16.5. The summed E-state index contributed by atoms with van der Waals surface area (Å²) in [6.45, 7) is 0. The summed E-state index contributed by atoms with van der Waals surface area (Å²) in [5, 5.41) is 17.2. The Morgan fingerprint density at radius 3 is 1.74 bits per heavy atom. The molecule has 2 nitrogen and oxygen atoms in total. The molecule has 1 radical (unpaired) electrons. The van der Waals surface area contributed by atoms with Crippen LogP contribution < -0.4 is 5.06 Å². The largest absolute Gasteiger partial charge is 0.201 e. The van der Waals surface area contributed by atoms with Crippen LogP contribution in [0.4, 0.5) is 5.69 Å². The van der Waals surface area contributed by atoms with E-state index in [1.165, 1.54) is 5.06 Å². The molecule has 4 aromatic rings. The first-order valence-corrected chi connectivity index (χ1v) is 9.09. The van der Waals surface area contributed by atoms with Crippen molar-refractivity contribution >= 4 is 22.5 Å². The van der Waals surface area contributed by atoms with E-state index in [1.54, 1.807) is 0 Å². The normalized spacial score (nSPS) is 14.9. The Bertz CT molecular complexity index is 1090. The Morgan fingerprint density at radius 2 is 1.15 bits per heavy atom. The maximum absolute atomic E-state index is 13.8. The van der Waals surface area contributed by atoms with Crippen molar-refractivity contribution in [2.24, 2.45) is 0 Å². The number of rotatable bonds is 2. The Balaban J connectivity index is 1.79. The Hall–Kier alpha value is -3.36. The molecule has 2 heteroatoms. The smallest absolute Gasteiger partial charge is 0.139 e. The van der Waals surface area contributed by atoms with Gasteiger partial charge in [-0.1, -0.05) is 96.2 Å². The van der Waals surface area contributed by atoms with E-state index in [0.29, 0.717) is 5.69 Å². The highest BCUT2D eigenvalue weighted by molar-refractivity contribution is 5.92. The maximum atomic E-state index is 13.8. The van der Waals surface area contributed by atoms with Gasteiger partial charge >= 0.3 is 0 Å². The molecule has 5 rings (SSSR count). The van der Waals surface area contributed by atoms with Crippen LogP contribution in [0, 0.1) is 0 Å². The number of nitrogens with zero attached hydrogens (tertiary/aromatic N) is 1. The van der Waals surface area contributed by atoms with Crippen LogP contribution in [-0.4, -0.2) is 0 Å². The van der Waals surface area contributed by atoms with E-state index in [2.05, 4.69) is 24.3 Å². The van der Waals surface area contributed by atoms with E-state index >= 15 is 0 Å². The van der Waals surface area contributed by atoms with Gasteiger partial charge in [0.2, 0.25) is 0 Å². The molecule has 0 N–H and O–H groups in total. The summed E-state index contributed by atoms with van der Waals surface area (Å²) in [5.41, 5.74) is 2.69. The van der Waals surface area contributed by atoms with E-state index in [1.807, 2.05) is 84.9 Å². The zero-order valence-corrected chi connectivity index (χ0v) is 14.7.